The van der Waals surface area contributed by atoms with Crippen LogP contribution in [-0.4, -0.2) is 31.6 Å². The molecule has 24 heavy (non-hydrogen) atoms. The van der Waals surface area contributed by atoms with Crippen molar-refractivity contribution in [3.05, 3.63) is 65.7 Å². The van der Waals surface area contributed by atoms with Gasteiger partial charge in [-0.15, -0.1) is 0 Å². The normalized spacial score (nSPS) is 26.5. The zero-order valence-corrected chi connectivity index (χ0v) is 14.5. The third-order valence-corrected chi connectivity index (χ3v) is 5.95. The summed E-state index contributed by atoms with van der Waals surface area (Å²) in [6, 6.07) is 19.6. The minimum absolute atomic E-state index is 0.793. The quantitative estimate of drug-likeness (QED) is 0.811. The fourth-order valence-corrected chi connectivity index (χ4v) is 4.69. The summed E-state index contributed by atoms with van der Waals surface area (Å²) in [6.45, 7) is 3.76. The summed E-state index contributed by atoms with van der Waals surface area (Å²) in [5, 5.41) is 0. The van der Waals surface area contributed by atoms with Crippen LogP contribution in [0.1, 0.15) is 29.9 Å². The Labute approximate surface area is 145 Å². The van der Waals surface area contributed by atoms with E-state index in [2.05, 4.69) is 53.4 Å². The lowest BCUT2D eigenvalue weighted by Gasteiger charge is -2.19. The van der Waals surface area contributed by atoms with E-state index in [4.69, 9.17) is 4.74 Å². The number of rotatable bonds is 5. The summed E-state index contributed by atoms with van der Waals surface area (Å²) < 4.78 is 5.33. The molecule has 1 heterocycles. The van der Waals surface area contributed by atoms with Crippen molar-refractivity contribution in [3.63, 3.8) is 0 Å². The van der Waals surface area contributed by atoms with E-state index in [0.29, 0.717) is 0 Å². The van der Waals surface area contributed by atoms with Gasteiger partial charge in [0.15, 0.2) is 0 Å². The first-order valence-electron chi connectivity index (χ1n) is 9.22. The molecule has 0 radical (unpaired) electrons. The van der Waals surface area contributed by atoms with E-state index < -0.39 is 0 Å². The number of ether oxygens (including phenoxy) is 1. The van der Waals surface area contributed by atoms with Crippen LogP contribution in [-0.2, 0) is 6.42 Å². The standard InChI is InChI=1S/C22H27NO/c1-24-22-9-5-6-17(12-22)10-11-23-15-20-13-19(14-21(20)16-23)18-7-3-2-4-8-18/h2-9,12,19-21H,10-11,13-16H2,1H3. The van der Waals surface area contributed by atoms with Crippen LogP contribution in [0.25, 0.3) is 0 Å². The molecule has 1 aliphatic heterocycles. The minimum Gasteiger partial charge on any atom is -0.497 e. The molecule has 2 aliphatic rings. The summed E-state index contributed by atoms with van der Waals surface area (Å²) in [6.07, 6.45) is 3.88. The Morgan fingerprint density at radius 3 is 2.42 bits per heavy atom. The summed E-state index contributed by atoms with van der Waals surface area (Å²) in [4.78, 5) is 2.68. The van der Waals surface area contributed by atoms with Crippen LogP contribution in [0.15, 0.2) is 54.6 Å². The Hall–Kier alpha value is -1.80. The maximum atomic E-state index is 5.33. The molecule has 2 fully saturated rings. The molecule has 0 spiro atoms. The van der Waals surface area contributed by atoms with Gasteiger partial charge in [-0.05, 0) is 60.3 Å². The van der Waals surface area contributed by atoms with Gasteiger partial charge in [-0.2, -0.15) is 0 Å². The summed E-state index contributed by atoms with van der Waals surface area (Å²) in [5.74, 6) is 3.57. The Kier molecular flexibility index (Phi) is 4.57. The van der Waals surface area contributed by atoms with Crippen molar-refractivity contribution < 1.29 is 4.74 Å². The largest absolute Gasteiger partial charge is 0.497 e. The summed E-state index contributed by atoms with van der Waals surface area (Å²) >= 11 is 0. The topological polar surface area (TPSA) is 12.5 Å². The highest BCUT2D eigenvalue weighted by atomic mass is 16.5. The van der Waals surface area contributed by atoms with Crippen LogP contribution >= 0.6 is 0 Å². The van der Waals surface area contributed by atoms with Gasteiger partial charge in [0.05, 0.1) is 7.11 Å². The number of nitrogens with zero attached hydrogens (tertiary/aromatic N) is 1. The van der Waals surface area contributed by atoms with Gasteiger partial charge in [0.1, 0.15) is 5.75 Å². The zero-order chi connectivity index (χ0) is 16.4. The number of hydrogen-bond donors (Lipinski definition) is 0. The molecular weight excluding hydrogens is 294 g/mol. The molecule has 0 aromatic heterocycles. The number of benzene rings is 2. The molecular formula is C22H27NO. The Morgan fingerprint density at radius 1 is 0.958 bits per heavy atom. The molecule has 2 aromatic rings. The molecule has 0 bridgehead atoms. The predicted octanol–water partition coefficient (Wildman–Crippen LogP) is 4.36. The van der Waals surface area contributed by atoms with Crippen molar-refractivity contribution in [2.24, 2.45) is 11.8 Å². The highest BCUT2D eigenvalue weighted by molar-refractivity contribution is 5.28. The van der Waals surface area contributed by atoms with E-state index in [1.807, 2.05) is 6.07 Å². The molecule has 2 unspecified atom stereocenters. The number of methoxy groups -OCH3 is 1. The van der Waals surface area contributed by atoms with Crippen molar-refractivity contribution >= 4 is 0 Å². The van der Waals surface area contributed by atoms with Crippen molar-refractivity contribution in [2.45, 2.75) is 25.2 Å². The lowest BCUT2D eigenvalue weighted by Crippen LogP contribution is -2.24. The highest BCUT2D eigenvalue weighted by Crippen LogP contribution is 2.46. The zero-order valence-electron chi connectivity index (χ0n) is 14.5. The third-order valence-electron chi connectivity index (χ3n) is 5.95. The van der Waals surface area contributed by atoms with Gasteiger partial charge < -0.3 is 9.64 Å². The maximum Gasteiger partial charge on any atom is 0.119 e. The molecule has 2 atom stereocenters. The number of fused-ring (bicyclic) bond motifs is 1. The molecule has 2 heteroatoms. The Morgan fingerprint density at radius 2 is 1.71 bits per heavy atom. The Balaban J connectivity index is 1.29. The monoisotopic (exact) mass is 321 g/mol. The summed E-state index contributed by atoms with van der Waals surface area (Å²) in [7, 11) is 1.74. The van der Waals surface area contributed by atoms with Crippen molar-refractivity contribution in [1.29, 1.82) is 0 Å². The van der Waals surface area contributed by atoms with E-state index >= 15 is 0 Å². The second-order valence-corrected chi connectivity index (χ2v) is 7.46. The Bertz CT molecular complexity index is 655. The van der Waals surface area contributed by atoms with Crippen LogP contribution < -0.4 is 4.74 Å². The second kappa shape index (κ2) is 6.98. The van der Waals surface area contributed by atoms with E-state index in [-0.39, 0.29) is 0 Å². The van der Waals surface area contributed by atoms with Crippen molar-refractivity contribution in [1.82, 2.24) is 4.90 Å². The molecule has 1 saturated heterocycles. The average molecular weight is 321 g/mol. The second-order valence-electron chi connectivity index (χ2n) is 7.46. The van der Waals surface area contributed by atoms with Gasteiger partial charge in [0.2, 0.25) is 0 Å². The maximum absolute atomic E-state index is 5.33. The molecule has 0 amide bonds. The number of hydrogen-bond acceptors (Lipinski definition) is 2. The average Bonchev–Trinajstić information content (AvgIpc) is 3.19. The first-order chi connectivity index (χ1) is 11.8. The van der Waals surface area contributed by atoms with Crippen LogP contribution in [0.3, 0.4) is 0 Å². The molecule has 126 valence electrons. The fourth-order valence-electron chi connectivity index (χ4n) is 4.69. The van der Waals surface area contributed by atoms with Crippen LogP contribution in [0.5, 0.6) is 5.75 Å². The van der Waals surface area contributed by atoms with Crippen LogP contribution in [0, 0.1) is 11.8 Å². The molecule has 4 rings (SSSR count). The molecule has 1 aliphatic carbocycles. The highest BCUT2D eigenvalue weighted by Gasteiger charge is 2.40. The van der Waals surface area contributed by atoms with E-state index in [1.165, 1.54) is 38.0 Å². The van der Waals surface area contributed by atoms with Gasteiger partial charge in [-0.3, -0.25) is 0 Å². The van der Waals surface area contributed by atoms with Gasteiger partial charge >= 0.3 is 0 Å². The SMILES string of the molecule is COc1cccc(CCN2CC3CC(c4ccccc4)CC3C2)c1. The fraction of sp³-hybridized carbons (Fsp3) is 0.455. The minimum atomic E-state index is 0.793. The number of likely N-dealkylation sites (tertiary alicyclic amines) is 1. The lowest BCUT2D eigenvalue weighted by molar-refractivity contribution is 0.310. The van der Waals surface area contributed by atoms with E-state index in [1.54, 1.807) is 12.7 Å². The van der Waals surface area contributed by atoms with Gasteiger partial charge in [-0.1, -0.05) is 42.5 Å². The van der Waals surface area contributed by atoms with Crippen LogP contribution in [0.2, 0.25) is 0 Å². The van der Waals surface area contributed by atoms with E-state index in [9.17, 15) is 0 Å². The molecule has 2 aromatic carbocycles. The summed E-state index contributed by atoms with van der Waals surface area (Å²) in [5.41, 5.74) is 2.93. The van der Waals surface area contributed by atoms with Gasteiger partial charge in [0, 0.05) is 19.6 Å². The van der Waals surface area contributed by atoms with Crippen molar-refractivity contribution in [2.75, 3.05) is 26.7 Å². The first kappa shape index (κ1) is 15.7. The van der Waals surface area contributed by atoms with E-state index in [0.717, 1.165) is 29.9 Å². The smallest absolute Gasteiger partial charge is 0.119 e. The predicted molar refractivity (Wildman–Crippen MR) is 98.5 cm³/mol. The molecule has 0 N–H and O–H groups in total. The molecule has 2 nitrogen and oxygen atoms in total. The van der Waals surface area contributed by atoms with Crippen molar-refractivity contribution in [3.8, 4) is 5.75 Å². The van der Waals surface area contributed by atoms with Gasteiger partial charge in [-0.25, -0.2) is 0 Å². The third kappa shape index (κ3) is 3.34. The van der Waals surface area contributed by atoms with Crippen LogP contribution in [0.4, 0.5) is 0 Å². The van der Waals surface area contributed by atoms with Gasteiger partial charge in [0.25, 0.3) is 0 Å². The first-order valence-corrected chi connectivity index (χ1v) is 9.22. The molecule has 1 saturated carbocycles. The lowest BCUT2D eigenvalue weighted by atomic mass is 9.96.